The van der Waals surface area contributed by atoms with Crippen molar-refractivity contribution in [2.24, 2.45) is 38.4 Å². The van der Waals surface area contributed by atoms with Gasteiger partial charge in [0.25, 0.3) is 0 Å². The Labute approximate surface area is 841 Å². The molecule has 0 spiro atoms. The first kappa shape index (κ1) is 120. The summed E-state index contributed by atoms with van der Waals surface area (Å²) < 4.78 is 33.0. The van der Waals surface area contributed by atoms with Gasteiger partial charge in [-0.3, -0.25) is 81.8 Å². The smallest absolute Gasteiger partial charge is 0.239 e. The summed E-state index contributed by atoms with van der Waals surface area (Å²) in [4.78, 5) is 131. The highest BCUT2D eigenvalue weighted by atomic mass is 32.2. The van der Waals surface area contributed by atoms with Crippen LogP contribution in [0.2, 0.25) is 0 Å². The molecule has 4 atom stereocenters. The van der Waals surface area contributed by atoms with E-state index in [1.807, 2.05) is 33.7 Å². The van der Waals surface area contributed by atoms with Crippen molar-refractivity contribution in [1.29, 1.82) is 0 Å². The Morgan fingerprint density at radius 1 is 0.348 bits per heavy atom. The van der Waals surface area contributed by atoms with Crippen LogP contribution in [0, 0.1) is 38.4 Å². The van der Waals surface area contributed by atoms with E-state index >= 15 is 0 Å². The summed E-state index contributed by atoms with van der Waals surface area (Å²) >= 11 is 0. The number of hydrogen-bond acceptors (Lipinski definition) is 22. The van der Waals surface area contributed by atoms with Gasteiger partial charge in [-0.25, -0.2) is 0 Å². The molecule has 13 saturated heterocycles. The molecule has 0 aromatic heterocycles. The van der Waals surface area contributed by atoms with Gasteiger partial charge in [-0.15, -0.1) is 0 Å². The van der Waals surface area contributed by atoms with Crippen molar-refractivity contribution < 1.29 is 61.5 Å². The SMILES string of the molecule is CC(C)(C)CC(=O)N1CCC(N2CCCOCC2)CC1.CC(C)(C)CC(=O)N1CCC(N2CCS(=O)CC2)CC1.CC(C)CCN[C@@H]1CCCOC1.CN(C)C(=O)[C@@H]1CCCN1CN1CCN(C(=O)CC(C)(C)C)CC1.CN(C1CCN(C(=O)CC(C)(C)C)CC1)C1COC1.CN(C1CCN(C(=O)CC(C)(C)C)CC1)[C@H]1CCOC1.CNC(=O)[C@@H]1CCCN1CN1CCN(C(=O)CC(C)(C)C)CC1. The molecule has 13 aliphatic rings. The highest BCUT2D eigenvalue weighted by Crippen LogP contribution is 2.32. The minimum Gasteiger partial charge on any atom is -0.380 e. The van der Waals surface area contributed by atoms with Gasteiger partial charge in [0, 0.05) is 282 Å². The van der Waals surface area contributed by atoms with E-state index in [9.17, 15) is 42.6 Å². The zero-order valence-corrected chi connectivity index (χ0v) is 93.0. The molecule has 13 fully saturated rings. The number of piperidine rings is 4. The molecule has 0 bridgehead atoms. The third-order valence-corrected chi connectivity index (χ3v) is 30.5. The van der Waals surface area contributed by atoms with Gasteiger partial charge in [-0.1, -0.05) is 138 Å². The summed E-state index contributed by atoms with van der Waals surface area (Å²) in [5.41, 5.74) is 0.439. The van der Waals surface area contributed by atoms with Crippen LogP contribution in [0.5, 0.6) is 0 Å². The largest absolute Gasteiger partial charge is 0.380 e. The van der Waals surface area contributed by atoms with E-state index in [1.165, 1.54) is 19.3 Å². The average Bonchev–Trinajstić information content (AvgIpc) is 1.11. The van der Waals surface area contributed by atoms with Crippen LogP contribution in [0.25, 0.3) is 0 Å². The highest BCUT2D eigenvalue weighted by Gasteiger charge is 2.40. The summed E-state index contributed by atoms with van der Waals surface area (Å²) in [6.45, 7) is 72.9. The third kappa shape index (κ3) is 45.6. The maximum Gasteiger partial charge on any atom is 0.239 e. The van der Waals surface area contributed by atoms with Crippen molar-refractivity contribution >= 4 is 58.1 Å². The van der Waals surface area contributed by atoms with Crippen molar-refractivity contribution in [3.63, 3.8) is 0 Å². The van der Waals surface area contributed by atoms with E-state index in [1.54, 1.807) is 11.9 Å². The first-order chi connectivity index (χ1) is 64.8. The summed E-state index contributed by atoms with van der Waals surface area (Å²) in [5, 5.41) is 6.29. The van der Waals surface area contributed by atoms with Gasteiger partial charge in [0.05, 0.1) is 64.5 Å². The van der Waals surface area contributed by atoms with Gasteiger partial charge in [-0.05, 0) is 168 Å². The zero-order chi connectivity index (χ0) is 102. The zero-order valence-electron chi connectivity index (χ0n) is 92.2. The molecule has 30 nitrogen and oxygen atoms in total. The standard InChI is InChI=1S/C18H34N4O2.C17H32N4O2.2C16H30N2O2.C15H28N2O2S.C15H28N2O2.C10H21NO/c1-18(2,3)13-16(23)21-11-9-20(10-12-21)14-22-8-6-7-15(22)17(24)19(4)5;1-17(2,3)12-15(22)20-10-8-19(9-11-20)13-21-7-5-6-14(21)16(23)18-4;1-16(2,3)11-15(19)18-8-5-13(6-9-18)17(4)14-7-10-20-12-14;1-16(2,3)13-15(19)18-8-5-14(6-9-18)17-7-4-11-20-12-10-17;1-15(2,3)12-14(18)17-6-4-13(5-7-17)16-8-10-20(19)11-9-16;1-15(2,3)9-14(18)17-7-5-12(6-8-17)16(4)13-10-19-11-13;1-9(2)5-6-11-10-4-3-7-12-8-10/h15H,6-14H2,1-5H3;14H,5-13H2,1-4H3,(H,18,23);13-14H,5-12H2,1-4H3;14H,4-13H2,1-3H3;13H,4-12H2,1-3H3;12-13H,5-11H2,1-4H3;9-11H,3-8H2,1-2H3/t15-;2*14-;;;;10-/m000...1/s1. The third-order valence-electron chi connectivity index (χ3n) is 29.2. The Kier molecular flexibility index (Phi) is 51.1. The normalized spacial score (nSPS) is 24.0. The van der Waals surface area contributed by atoms with E-state index in [-0.39, 0.29) is 68.2 Å². The number of nitrogens with zero attached hydrogens (tertiary/aromatic N) is 15. The Morgan fingerprint density at radius 2 is 0.703 bits per heavy atom. The fourth-order valence-electron chi connectivity index (χ4n) is 20.7. The maximum atomic E-state index is 12.3. The average molecular weight is 1970 g/mol. The van der Waals surface area contributed by atoms with Gasteiger partial charge in [0.15, 0.2) is 0 Å². The molecule has 13 rings (SSSR count). The number of likely N-dealkylation sites (N-methyl/N-ethyl adjacent to an activating group) is 4. The van der Waals surface area contributed by atoms with E-state index in [0.717, 1.165) is 324 Å². The molecule has 800 valence electrons. The summed E-state index contributed by atoms with van der Waals surface area (Å²) in [5.74, 6) is 4.60. The summed E-state index contributed by atoms with van der Waals surface area (Å²) in [6, 6.07) is 4.31. The van der Waals surface area contributed by atoms with E-state index in [4.69, 9.17) is 18.9 Å². The number of nitrogens with one attached hydrogen (secondary N) is 2. The first-order valence-electron chi connectivity index (χ1n) is 54.1. The topological polar surface area (TPSA) is 263 Å². The Bertz CT molecular complexity index is 3510. The van der Waals surface area contributed by atoms with Crippen molar-refractivity contribution in [2.75, 3.05) is 263 Å². The molecule has 0 saturated carbocycles. The molecular weight excluding hydrogens is 1760 g/mol. The number of piperazine rings is 2. The highest BCUT2D eigenvalue weighted by molar-refractivity contribution is 7.85. The molecule has 0 aromatic carbocycles. The minimum atomic E-state index is -0.597. The summed E-state index contributed by atoms with van der Waals surface area (Å²) in [6.07, 6.45) is 22.8. The molecule has 0 aromatic rings. The van der Waals surface area contributed by atoms with Gasteiger partial charge in [0.1, 0.15) is 0 Å². The van der Waals surface area contributed by atoms with Gasteiger partial charge < -0.3 is 63.9 Å². The van der Waals surface area contributed by atoms with Crippen LogP contribution in [0.1, 0.15) is 286 Å². The molecule has 0 radical (unpaired) electrons. The van der Waals surface area contributed by atoms with Crippen LogP contribution in [0.3, 0.4) is 0 Å². The molecule has 13 heterocycles. The second-order valence-corrected chi connectivity index (χ2v) is 51.6. The molecule has 31 heteroatoms. The summed E-state index contributed by atoms with van der Waals surface area (Å²) in [7, 11) is 9.19. The van der Waals surface area contributed by atoms with E-state index < -0.39 is 10.8 Å². The minimum absolute atomic E-state index is 0.0144. The fourth-order valence-corrected chi connectivity index (χ4v) is 21.8. The number of likely N-dealkylation sites (tertiary alicyclic amines) is 6. The van der Waals surface area contributed by atoms with Crippen LogP contribution >= 0.6 is 0 Å². The van der Waals surface area contributed by atoms with E-state index in [0.29, 0.717) is 104 Å². The number of hydrogen-bond donors (Lipinski definition) is 2. The molecule has 13 aliphatic heterocycles. The van der Waals surface area contributed by atoms with E-state index in [2.05, 4.69) is 212 Å². The maximum absolute atomic E-state index is 12.3. The second-order valence-electron chi connectivity index (χ2n) is 49.9. The van der Waals surface area contributed by atoms with Crippen LogP contribution in [-0.2, 0) is 68.1 Å². The number of ether oxygens (including phenoxy) is 4. The lowest BCUT2D eigenvalue weighted by molar-refractivity contribution is -0.137. The Morgan fingerprint density at radius 3 is 1.05 bits per heavy atom. The number of rotatable bonds is 22. The van der Waals surface area contributed by atoms with Crippen LogP contribution in [-0.4, -0.2) is 443 Å². The number of carbonyl (C=O) groups excluding carboxylic acids is 8. The van der Waals surface area contributed by atoms with Gasteiger partial charge in [0.2, 0.25) is 47.3 Å². The van der Waals surface area contributed by atoms with Crippen molar-refractivity contribution in [3.8, 4) is 0 Å². The Balaban J connectivity index is 0.000000221. The predicted molar refractivity (Wildman–Crippen MR) is 558 cm³/mol. The second kappa shape index (κ2) is 58.7. The van der Waals surface area contributed by atoms with Crippen molar-refractivity contribution in [3.05, 3.63) is 0 Å². The molecule has 2 N–H and O–H groups in total. The Hall–Kier alpha value is -4.61. The quantitative estimate of drug-likeness (QED) is 0.102. The van der Waals surface area contributed by atoms with Gasteiger partial charge >= 0.3 is 0 Å². The van der Waals surface area contributed by atoms with Gasteiger partial charge in [-0.2, -0.15) is 0 Å². The lowest BCUT2D eigenvalue weighted by atomic mass is 9.91. The van der Waals surface area contributed by atoms with Crippen molar-refractivity contribution in [1.82, 2.24) is 84.1 Å². The lowest BCUT2D eigenvalue weighted by Gasteiger charge is -2.43. The van der Waals surface area contributed by atoms with Crippen LogP contribution in [0.4, 0.5) is 0 Å². The molecular formula is C107H203N17O13S. The van der Waals surface area contributed by atoms with Crippen molar-refractivity contribution in [2.45, 2.75) is 341 Å². The molecule has 0 unspecified atom stereocenters. The first-order valence-corrected chi connectivity index (χ1v) is 55.6. The number of amides is 8. The molecule has 0 aliphatic carbocycles. The number of carbonyl (C=O) groups is 8. The molecule has 8 amide bonds. The lowest BCUT2D eigenvalue weighted by Crippen LogP contribution is -2.54. The fraction of sp³-hybridized carbons (Fsp3) is 0.925. The molecule has 138 heavy (non-hydrogen) atoms. The van der Waals surface area contributed by atoms with Crippen LogP contribution in [0.15, 0.2) is 0 Å². The monoisotopic (exact) mass is 1970 g/mol. The predicted octanol–water partition coefficient (Wildman–Crippen LogP) is 11.1. The van der Waals surface area contributed by atoms with Crippen LogP contribution < -0.4 is 10.6 Å².